The maximum atomic E-state index is 14.9. The number of carbonyl (C=O) groups excluding carboxylic acids is 3. The molecule has 0 bridgehead atoms. The molecule has 1 saturated carbocycles. The Kier molecular flexibility index (Phi) is 8.97. The van der Waals surface area contributed by atoms with Crippen LogP contribution in [0.4, 0.5) is 0 Å². The van der Waals surface area contributed by atoms with Crippen molar-refractivity contribution in [1.82, 2.24) is 15.1 Å². The average Bonchev–Trinajstić information content (AvgIpc) is 3.65. The summed E-state index contributed by atoms with van der Waals surface area (Å²) in [5, 5.41) is 15.5. The molecule has 9 heteroatoms. The van der Waals surface area contributed by atoms with Crippen LogP contribution >= 0.6 is 0 Å². The third-order valence-corrected chi connectivity index (χ3v) is 8.87. The zero-order valence-electron chi connectivity index (χ0n) is 26.3. The van der Waals surface area contributed by atoms with Gasteiger partial charge in [-0.1, -0.05) is 101 Å². The second-order valence-corrected chi connectivity index (χ2v) is 13.0. The minimum atomic E-state index is -2.16. The molecule has 234 valence electrons. The highest BCUT2D eigenvalue weighted by Gasteiger charge is 2.56. The summed E-state index contributed by atoms with van der Waals surface area (Å²) in [6.45, 7) is 9.08. The number of aliphatic imine (C=N–C) groups is 1. The lowest BCUT2D eigenvalue weighted by Gasteiger charge is -2.48. The van der Waals surface area contributed by atoms with Crippen LogP contribution in [0.2, 0.25) is 0 Å². The predicted octanol–water partition coefficient (Wildman–Crippen LogP) is 4.51. The summed E-state index contributed by atoms with van der Waals surface area (Å²) in [7, 11) is 0. The van der Waals surface area contributed by atoms with Gasteiger partial charge in [0.1, 0.15) is 12.6 Å². The van der Waals surface area contributed by atoms with Gasteiger partial charge in [-0.3, -0.25) is 19.3 Å². The van der Waals surface area contributed by atoms with Gasteiger partial charge in [0.25, 0.3) is 5.91 Å². The molecule has 2 N–H and O–H groups in total. The van der Waals surface area contributed by atoms with Crippen molar-refractivity contribution >= 4 is 29.3 Å². The van der Waals surface area contributed by atoms with Gasteiger partial charge in [0, 0.05) is 19.0 Å². The number of amides is 3. The Bertz CT molecular complexity index is 1430. The summed E-state index contributed by atoms with van der Waals surface area (Å²) in [4.78, 5) is 49.4. The Morgan fingerprint density at radius 1 is 1.05 bits per heavy atom. The molecule has 1 aliphatic carbocycles. The molecule has 2 aromatic carbocycles. The molecule has 0 radical (unpaired) electrons. The Balaban J connectivity index is 1.75. The Hall–Kier alpha value is -3.98. The zero-order chi connectivity index (χ0) is 31.6. The van der Waals surface area contributed by atoms with Crippen LogP contribution in [0.1, 0.15) is 71.4 Å². The van der Waals surface area contributed by atoms with Crippen molar-refractivity contribution in [2.24, 2.45) is 16.8 Å². The fraction of sp³-hybridized carbons (Fsp3) is 0.486. The van der Waals surface area contributed by atoms with Crippen LogP contribution < -0.4 is 5.32 Å². The van der Waals surface area contributed by atoms with E-state index in [-0.39, 0.29) is 36.0 Å². The van der Waals surface area contributed by atoms with Crippen molar-refractivity contribution in [3.05, 3.63) is 78.0 Å². The Morgan fingerprint density at radius 3 is 2.23 bits per heavy atom. The van der Waals surface area contributed by atoms with Crippen LogP contribution in [0.15, 0.2) is 71.9 Å². The van der Waals surface area contributed by atoms with Crippen molar-refractivity contribution in [1.29, 1.82) is 0 Å². The van der Waals surface area contributed by atoms with Crippen LogP contribution in [0.25, 0.3) is 5.70 Å². The largest absolute Gasteiger partial charge is 0.475 e. The van der Waals surface area contributed by atoms with Crippen LogP contribution in [0.5, 0.6) is 0 Å². The molecule has 2 unspecified atom stereocenters. The number of carbonyl (C=O) groups is 3. The lowest BCUT2D eigenvalue weighted by molar-refractivity contribution is -0.151. The number of aliphatic hydroxyl groups is 1. The lowest BCUT2D eigenvalue weighted by atomic mass is 9.88. The number of benzene rings is 2. The van der Waals surface area contributed by atoms with Gasteiger partial charge >= 0.3 is 0 Å². The van der Waals surface area contributed by atoms with E-state index >= 15 is 0 Å². The maximum absolute atomic E-state index is 14.9. The summed E-state index contributed by atoms with van der Waals surface area (Å²) < 4.78 is 6.17. The summed E-state index contributed by atoms with van der Waals surface area (Å²) in [6, 6.07) is 17.0. The van der Waals surface area contributed by atoms with E-state index in [1.54, 1.807) is 16.0 Å². The second-order valence-electron chi connectivity index (χ2n) is 13.0. The molecule has 2 aliphatic heterocycles. The molecule has 1 spiro atoms. The van der Waals surface area contributed by atoms with E-state index in [0.29, 0.717) is 17.9 Å². The molecule has 0 aromatic heterocycles. The molecule has 9 nitrogen and oxygen atoms in total. The molecule has 5 rings (SSSR count). The molecular weight excluding hydrogens is 556 g/mol. The van der Waals surface area contributed by atoms with E-state index in [1.807, 2.05) is 88.4 Å². The number of rotatable bonds is 9. The first-order valence-electron chi connectivity index (χ1n) is 15.7. The van der Waals surface area contributed by atoms with Crippen molar-refractivity contribution in [2.75, 3.05) is 6.61 Å². The quantitative estimate of drug-likeness (QED) is 0.412. The van der Waals surface area contributed by atoms with Crippen molar-refractivity contribution in [3.8, 4) is 0 Å². The summed E-state index contributed by atoms with van der Waals surface area (Å²) >= 11 is 0. The molecule has 1 fully saturated rings. The van der Waals surface area contributed by atoms with Gasteiger partial charge in [-0.05, 0) is 36.3 Å². The van der Waals surface area contributed by atoms with E-state index in [1.165, 1.54) is 6.92 Å². The Morgan fingerprint density at radius 2 is 1.66 bits per heavy atom. The normalized spacial score (nSPS) is 21.6. The SMILES string of the molecule is CC(=O)NC(O)(C1=NC2(CCCC2)CO1)[C@H](Cc1ccccc1)N1C(=O)C(C(C)C)N(C(=O)C(C)C)C=C1c1ccccc1. The predicted molar refractivity (Wildman–Crippen MR) is 169 cm³/mol. The highest BCUT2D eigenvalue weighted by Crippen LogP contribution is 2.41. The highest BCUT2D eigenvalue weighted by molar-refractivity contribution is 5.99. The van der Waals surface area contributed by atoms with Gasteiger partial charge in [0.15, 0.2) is 0 Å². The average molecular weight is 601 g/mol. The van der Waals surface area contributed by atoms with E-state index in [4.69, 9.17) is 9.73 Å². The van der Waals surface area contributed by atoms with Gasteiger partial charge in [-0.25, -0.2) is 4.99 Å². The van der Waals surface area contributed by atoms with Gasteiger partial charge in [-0.2, -0.15) is 0 Å². The third kappa shape index (κ3) is 6.02. The van der Waals surface area contributed by atoms with Gasteiger partial charge < -0.3 is 20.1 Å². The fourth-order valence-electron chi connectivity index (χ4n) is 6.68. The van der Waals surface area contributed by atoms with E-state index in [2.05, 4.69) is 5.32 Å². The monoisotopic (exact) mass is 600 g/mol. The van der Waals surface area contributed by atoms with E-state index in [9.17, 15) is 19.5 Å². The summed E-state index contributed by atoms with van der Waals surface area (Å²) in [6.07, 6.45) is 5.57. The van der Waals surface area contributed by atoms with Crippen molar-refractivity contribution < 1.29 is 24.2 Å². The van der Waals surface area contributed by atoms with E-state index in [0.717, 1.165) is 31.2 Å². The molecule has 44 heavy (non-hydrogen) atoms. The van der Waals surface area contributed by atoms with E-state index < -0.39 is 29.3 Å². The Labute approximate surface area is 260 Å². The topological polar surface area (TPSA) is 112 Å². The van der Waals surface area contributed by atoms with Crippen molar-refractivity contribution in [3.63, 3.8) is 0 Å². The first kappa shape index (κ1) is 31.4. The zero-order valence-corrected chi connectivity index (χ0v) is 26.3. The van der Waals surface area contributed by atoms with Gasteiger partial charge in [0.2, 0.25) is 23.4 Å². The third-order valence-electron chi connectivity index (χ3n) is 8.87. The minimum Gasteiger partial charge on any atom is -0.475 e. The highest BCUT2D eigenvalue weighted by atomic mass is 16.5. The molecular formula is C35H44N4O5. The second kappa shape index (κ2) is 12.6. The number of hydrogen-bond acceptors (Lipinski definition) is 6. The minimum absolute atomic E-state index is 0.0116. The molecule has 2 aromatic rings. The first-order chi connectivity index (χ1) is 21.0. The fourth-order valence-corrected chi connectivity index (χ4v) is 6.68. The molecule has 3 aliphatic rings. The first-order valence-corrected chi connectivity index (χ1v) is 15.7. The standard InChI is InChI=1S/C35H44N4O5/c1-23(2)30-32(42)39(28(27-16-10-7-11-17-27)21-38(30)31(41)24(3)4)29(20-26-14-8-6-9-15-26)35(43,36-25(5)40)33-37-34(22-44-33)18-12-13-19-34/h6-11,14-17,21,23-24,29-30,43H,12-13,18-20,22H2,1-5H3,(H,36,40)/t29-,30?,35?/m0/s1. The molecule has 3 atom stereocenters. The maximum Gasteiger partial charge on any atom is 0.250 e. The summed E-state index contributed by atoms with van der Waals surface area (Å²) in [5.41, 5.74) is -0.639. The van der Waals surface area contributed by atoms with Crippen LogP contribution in [-0.4, -0.2) is 68.5 Å². The van der Waals surface area contributed by atoms with Crippen LogP contribution in [0.3, 0.4) is 0 Å². The number of ether oxygens (including phenoxy) is 1. The van der Waals surface area contributed by atoms with Crippen molar-refractivity contribution in [2.45, 2.75) is 90.1 Å². The van der Waals surface area contributed by atoms with Gasteiger partial charge in [-0.15, -0.1) is 0 Å². The van der Waals surface area contributed by atoms with Crippen LogP contribution in [-0.2, 0) is 25.5 Å². The number of hydrogen-bond donors (Lipinski definition) is 2. The smallest absolute Gasteiger partial charge is 0.250 e. The lowest BCUT2D eigenvalue weighted by Crippen LogP contribution is -2.70. The van der Waals surface area contributed by atoms with Crippen LogP contribution in [0, 0.1) is 11.8 Å². The number of nitrogens with one attached hydrogen (secondary N) is 1. The molecule has 2 heterocycles. The molecule has 0 saturated heterocycles. The summed E-state index contributed by atoms with van der Waals surface area (Å²) in [5.74, 6) is -1.59. The molecule has 3 amide bonds. The number of nitrogens with zero attached hydrogens (tertiary/aromatic N) is 3. The van der Waals surface area contributed by atoms with Gasteiger partial charge in [0.05, 0.1) is 17.3 Å².